The van der Waals surface area contributed by atoms with Gasteiger partial charge in [-0.05, 0) is 24.6 Å². The summed E-state index contributed by atoms with van der Waals surface area (Å²) in [7, 11) is -1.47. The van der Waals surface area contributed by atoms with Gasteiger partial charge in [0.25, 0.3) is 0 Å². The van der Waals surface area contributed by atoms with Crippen molar-refractivity contribution in [3.05, 3.63) is 48.8 Å². The molecule has 33 heavy (non-hydrogen) atoms. The van der Waals surface area contributed by atoms with Crippen molar-refractivity contribution < 1.29 is 17.9 Å². The molecule has 1 saturated heterocycles. The number of ether oxygens (including phenoxy) is 2. The van der Waals surface area contributed by atoms with Gasteiger partial charge in [0.1, 0.15) is 11.4 Å². The van der Waals surface area contributed by atoms with Crippen LogP contribution in [0.25, 0.3) is 10.9 Å². The molecule has 10 heteroatoms. The zero-order chi connectivity index (χ0) is 23.3. The number of hydrogen-bond acceptors (Lipinski definition) is 8. The Balaban J connectivity index is 1.37. The van der Waals surface area contributed by atoms with Crippen molar-refractivity contribution >= 4 is 32.7 Å². The Morgan fingerprint density at radius 2 is 1.79 bits per heavy atom. The molecule has 0 atom stereocenters. The lowest BCUT2D eigenvalue weighted by atomic mass is 10.2. The summed E-state index contributed by atoms with van der Waals surface area (Å²) >= 11 is 1.59. The van der Waals surface area contributed by atoms with Crippen LogP contribution in [-0.2, 0) is 10.0 Å². The molecule has 0 spiro atoms. The van der Waals surface area contributed by atoms with Crippen molar-refractivity contribution in [1.82, 2.24) is 19.2 Å². The summed E-state index contributed by atoms with van der Waals surface area (Å²) in [6.45, 7) is 3.96. The molecule has 8 nitrogen and oxygen atoms in total. The van der Waals surface area contributed by atoms with E-state index in [0.29, 0.717) is 31.2 Å². The van der Waals surface area contributed by atoms with Gasteiger partial charge in [-0.25, -0.2) is 18.4 Å². The van der Waals surface area contributed by atoms with Gasteiger partial charge < -0.3 is 14.4 Å². The van der Waals surface area contributed by atoms with Gasteiger partial charge in [0.05, 0.1) is 25.5 Å². The van der Waals surface area contributed by atoms with Gasteiger partial charge >= 0.3 is 0 Å². The molecule has 176 valence electrons. The van der Waals surface area contributed by atoms with E-state index < -0.39 is 10.0 Å². The first-order valence-corrected chi connectivity index (χ1v) is 13.5. The zero-order valence-electron chi connectivity index (χ0n) is 18.8. The third-order valence-electron chi connectivity index (χ3n) is 5.52. The van der Waals surface area contributed by atoms with E-state index in [1.54, 1.807) is 25.2 Å². The lowest BCUT2D eigenvalue weighted by Crippen LogP contribution is -2.48. The molecule has 0 radical (unpaired) electrons. The number of methoxy groups -OCH3 is 1. The largest absolute Gasteiger partial charge is 0.493 e. The molecule has 0 aliphatic carbocycles. The van der Waals surface area contributed by atoms with Crippen LogP contribution in [0.1, 0.15) is 6.42 Å². The van der Waals surface area contributed by atoms with Gasteiger partial charge in [0, 0.05) is 49.1 Å². The quantitative estimate of drug-likeness (QED) is 0.336. The smallest absolute Gasteiger partial charge is 0.211 e. The normalized spacial score (nSPS) is 15.6. The van der Waals surface area contributed by atoms with Crippen molar-refractivity contribution in [3.8, 4) is 11.5 Å². The number of piperazine rings is 1. The van der Waals surface area contributed by atoms with E-state index in [4.69, 9.17) is 9.47 Å². The molecule has 1 aromatic heterocycles. The molecule has 0 amide bonds. The van der Waals surface area contributed by atoms with Gasteiger partial charge in [0.15, 0.2) is 11.5 Å². The highest BCUT2D eigenvalue weighted by Crippen LogP contribution is 2.37. The van der Waals surface area contributed by atoms with E-state index in [9.17, 15) is 8.42 Å². The topological polar surface area (TPSA) is 84.9 Å². The number of aromatic nitrogens is 2. The number of nitrogens with zero attached hydrogens (tertiary/aromatic N) is 4. The number of rotatable bonds is 9. The van der Waals surface area contributed by atoms with Crippen LogP contribution in [0.4, 0.5) is 0 Å². The minimum absolute atomic E-state index is 0.533. The highest BCUT2D eigenvalue weighted by molar-refractivity contribution is 7.99. The molecule has 0 bridgehead atoms. The number of fused-ring (bicyclic) bond motifs is 1. The monoisotopic (exact) mass is 488 g/mol. The Morgan fingerprint density at radius 3 is 2.48 bits per heavy atom. The van der Waals surface area contributed by atoms with E-state index >= 15 is 0 Å². The minimum Gasteiger partial charge on any atom is -0.493 e. The van der Waals surface area contributed by atoms with Crippen LogP contribution in [0.2, 0.25) is 0 Å². The highest BCUT2D eigenvalue weighted by atomic mass is 32.2. The van der Waals surface area contributed by atoms with Crippen LogP contribution < -0.4 is 9.47 Å². The second-order valence-electron chi connectivity index (χ2n) is 7.82. The minimum atomic E-state index is -3.10. The van der Waals surface area contributed by atoms with Crippen molar-refractivity contribution in [3.63, 3.8) is 0 Å². The number of hydrogen-bond donors (Lipinski definition) is 0. The maximum atomic E-state index is 11.6. The number of benzene rings is 2. The van der Waals surface area contributed by atoms with Crippen molar-refractivity contribution in [2.75, 3.05) is 52.7 Å². The zero-order valence-corrected chi connectivity index (χ0v) is 20.4. The predicted molar refractivity (Wildman–Crippen MR) is 130 cm³/mol. The fourth-order valence-electron chi connectivity index (χ4n) is 3.75. The third kappa shape index (κ3) is 6.14. The molecule has 2 aromatic carbocycles. The Morgan fingerprint density at radius 1 is 1.03 bits per heavy atom. The van der Waals surface area contributed by atoms with E-state index in [1.807, 2.05) is 42.5 Å². The van der Waals surface area contributed by atoms with Crippen LogP contribution in [0.5, 0.6) is 11.5 Å². The van der Waals surface area contributed by atoms with E-state index in [-0.39, 0.29) is 0 Å². The fourth-order valence-corrected chi connectivity index (χ4v) is 5.47. The van der Waals surface area contributed by atoms with Crippen molar-refractivity contribution in [1.29, 1.82) is 0 Å². The summed E-state index contributed by atoms with van der Waals surface area (Å²) in [4.78, 5) is 12.3. The first kappa shape index (κ1) is 23.7. The molecular formula is C23H28N4O4S2. The Kier molecular flexibility index (Phi) is 7.69. The van der Waals surface area contributed by atoms with Gasteiger partial charge in [-0.1, -0.05) is 30.0 Å². The molecule has 4 rings (SSSR count). The average molecular weight is 489 g/mol. The van der Waals surface area contributed by atoms with E-state index in [2.05, 4.69) is 14.9 Å². The summed E-state index contributed by atoms with van der Waals surface area (Å²) in [5.41, 5.74) is 0.802. The molecule has 1 aliphatic rings. The second kappa shape index (κ2) is 10.7. The number of sulfonamides is 1. The van der Waals surface area contributed by atoms with E-state index in [0.717, 1.165) is 46.9 Å². The molecule has 1 fully saturated rings. The molecule has 0 saturated carbocycles. The van der Waals surface area contributed by atoms with Crippen LogP contribution in [0.3, 0.4) is 0 Å². The van der Waals surface area contributed by atoms with Crippen LogP contribution in [-0.4, -0.2) is 80.3 Å². The molecule has 3 aromatic rings. The second-order valence-corrected chi connectivity index (χ2v) is 10.9. The van der Waals surface area contributed by atoms with Gasteiger partial charge in [-0.3, -0.25) is 0 Å². The van der Waals surface area contributed by atoms with Crippen molar-refractivity contribution in [2.45, 2.75) is 16.3 Å². The average Bonchev–Trinajstić information content (AvgIpc) is 2.82. The summed E-state index contributed by atoms with van der Waals surface area (Å²) < 4.78 is 36.4. The fraction of sp³-hybridized carbons (Fsp3) is 0.391. The molecule has 1 aliphatic heterocycles. The maximum absolute atomic E-state index is 11.6. The Labute approximate surface area is 199 Å². The van der Waals surface area contributed by atoms with Crippen LogP contribution >= 0.6 is 11.8 Å². The molecular weight excluding hydrogens is 460 g/mol. The van der Waals surface area contributed by atoms with Gasteiger partial charge in [-0.15, -0.1) is 0 Å². The van der Waals surface area contributed by atoms with Crippen LogP contribution in [0.15, 0.2) is 58.7 Å². The SMILES string of the molecule is COc1cc2c(Sc3ccccc3)ncnc2cc1OCCCN1CCN(S(C)(=O)=O)CC1. The molecule has 0 N–H and O–H groups in total. The molecule has 0 unspecified atom stereocenters. The summed E-state index contributed by atoms with van der Waals surface area (Å²) in [6, 6.07) is 13.9. The highest BCUT2D eigenvalue weighted by Gasteiger charge is 2.23. The maximum Gasteiger partial charge on any atom is 0.211 e. The van der Waals surface area contributed by atoms with Gasteiger partial charge in [-0.2, -0.15) is 4.31 Å². The first-order chi connectivity index (χ1) is 15.9. The first-order valence-electron chi connectivity index (χ1n) is 10.8. The van der Waals surface area contributed by atoms with E-state index in [1.165, 1.54) is 10.6 Å². The lowest BCUT2D eigenvalue weighted by molar-refractivity contribution is 0.174. The van der Waals surface area contributed by atoms with Gasteiger partial charge in [0.2, 0.25) is 10.0 Å². The molecule has 2 heterocycles. The van der Waals surface area contributed by atoms with Crippen molar-refractivity contribution in [2.24, 2.45) is 0 Å². The third-order valence-corrected chi connectivity index (χ3v) is 7.85. The summed E-state index contributed by atoms with van der Waals surface area (Å²) in [6.07, 6.45) is 3.67. The standard InChI is InChI=1S/C23H28N4O4S2/c1-30-21-15-19-20(24-17-25-23(19)32-18-7-4-3-5-8-18)16-22(21)31-14-6-9-26-10-12-27(13-11-26)33(2,28)29/h3-5,7-8,15-17H,6,9-14H2,1-2H3. The summed E-state index contributed by atoms with van der Waals surface area (Å²) in [5, 5.41) is 1.78. The Bertz CT molecular complexity index is 1180. The Hall–Kier alpha value is -2.40. The predicted octanol–water partition coefficient (Wildman–Crippen LogP) is 3.14. The van der Waals surface area contributed by atoms with Crippen LogP contribution in [0, 0.1) is 0 Å². The summed E-state index contributed by atoms with van der Waals surface area (Å²) in [5.74, 6) is 1.30. The lowest BCUT2D eigenvalue weighted by Gasteiger charge is -2.33.